The number of nitrogens with zero attached hydrogens (tertiary/aromatic N) is 3. The van der Waals surface area contributed by atoms with Crippen molar-refractivity contribution in [3.8, 4) is 0 Å². The number of ether oxygens (including phenoxy) is 1. The van der Waals surface area contributed by atoms with E-state index in [4.69, 9.17) is 9.37 Å². The van der Waals surface area contributed by atoms with E-state index in [9.17, 15) is 5.11 Å². The van der Waals surface area contributed by atoms with Crippen molar-refractivity contribution in [1.82, 2.24) is 15.2 Å². The molecule has 0 bridgehead atoms. The minimum atomic E-state index is 0.223. The minimum absolute atomic E-state index is 0.223. The van der Waals surface area contributed by atoms with Gasteiger partial charge in [-0.05, 0) is 59.1 Å². The highest BCUT2D eigenvalue weighted by molar-refractivity contribution is 5.73. The second-order valence-corrected chi connectivity index (χ2v) is 6.98. The molecule has 1 N–H and O–H groups in total. The van der Waals surface area contributed by atoms with E-state index in [1.165, 1.54) is 12.0 Å². The van der Waals surface area contributed by atoms with Gasteiger partial charge >= 0.3 is 0 Å². The van der Waals surface area contributed by atoms with Crippen LogP contribution in [-0.4, -0.2) is 52.7 Å². The summed E-state index contributed by atoms with van der Waals surface area (Å²) in [6, 6.07) is 6.30. The second kappa shape index (κ2) is 6.19. The molecule has 1 spiro atoms. The van der Waals surface area contributed by atoms with Crippen molar-refractivity contribution in [3.05, 3.63) is 23.8 Å². The lowest BCUT2D eigenvalue weighted by atomic mass is 9.72. The van der Waals surface area contributed by atoms with Gasteiger partial charge in [0.05, 0.1) is 6.61 Å². The zero-order valence-corrected chi connectivity index (χ0v) is 13.3. The third-order valence-electron chi connectivity index (χ3n) is 5.53. The Balaban J connectivity index is 1.53. The zero-order chi connectivity index (χ0) is 15.7. The summed E-state index contributed by atoms with van der Waals surface area (Å²) in [4.78, 5) is 2.43. The average molecular weight is 317 g/mol. The Morgan fingerprint density at radius 2 is 2.00 bits per heavy atom. The van der Waals surface area contributed by atoms with Crippen LogP contribution in [0.25, 0.3) is 11.0 Å². The number of fused-ring (bicyclic) bond motifs is 1. The highest BCUT2D eigenvalue weighted by Crippen LogP contribution is 2.41. The van der Waals surface area contributed by atoms with Crippen LogP contribution < -0.4 is 0 Å². The van der Waals surface area contributed by atoms with Crippen molar-refractivity contribution in [3.63, 3.8) is 0 Å². The van der Waals surface area contributed by atoms with Crippen LogP contribution in [0.3, 0.4) is 0 Å². The molecule has 124 valence electrons. The fourth-order valence-corrected chi connectivity index (χ4v) is 4.06. The first kappa shape index (κ1) is 15.1. The number of hydrogen-bond acceptors (Lipinski definition) is 6. The molecular weight excluding hydrogens is 294 g/mol. The fourth-order valence-electron chi connectivity index (χ4n) is 4.06. The summed E-state index contributed by atoms with van der Waals surface area (Å²) in [5, 5.41) is 17.5. The SMILES string of the molecule is OCC1CCC2(CCOCC2)CN1Cc1ccc2nonc2c1. The molecule has 0 aliphatic carbocycles. The van der Waals surface area contributed by atoms with E-state index in [1.807, 2.05) is 12.1 Å². The van der Waals surface area contributed by atoms with Gasteiger partial charge in [0, 0.05) is 32.3 Å². The van der Waals surface area contributed by atoms with Gasteiger partial charge in [-0.3, -0.25) is 4.90 Å². The van der Waals surface area contributed by atoms with Crippen molar-refractivity contribution in [2.75, 3.05) is 26.4 Å². The third-order valence-corrected chi connectivity index (χ3v) is 5.53. The maximum atomic E-state index is 9.76. The number of benzene rings is 1. The topological polar surface area (TPSA) is 71.6 Å². The number of aliphatic hydroxyl groups excluding tert-OH is 1. The molecule has 2 aliphatic rings. The van der Waals surface area contributed by atoms with Crippen LogP contribution in [0.5, 0.6) is 0 Å². The van der Waals surface area contributed by atoms with Gasteiger partial charge in [0.1, 0.15) is 11.0 Å². The normalized spacial score (nSPS) is 25.2. The Morgan fingerprint density at radius 3 is 2.83 bits per heavy atom. The van der Waals surface area contributed by atoms with Crippen LogP contribution in [0.1, 0.15) is 31.2 Å². The molecule has 23 heavy (non-hydrogen) atoms. The Hall–Kier alpha value is -1.50. The largest absolute Gasteiger partial charge is 0.395 e. The van der Waals surface area contributed by atoms with Crippen molar-refractivity contribution < 1.29 is 14.5 Å². The van der Waals surface area contributed by atoms with Gasteiger partial charge in [0.25, 0.3) is 0 Å². The highest BCUT2D eigenvalue weighted by Gasteiger charge is 2.40. The molecule has 1 atom stereocenters. The molecule has 0 radical (unpaired) electrons. The molecular formula is C17H23N3O3. The summed E-state index contributed by atoms with van der Waals surface area (Å²) in [6.45, 7) is 3.83. The van der Waals surface area contributed by atoms with E-state index in [1.54, 1.807) is 0 Å². The van der Waals surface area contributed by atoms with Gasteiger partial charge in [0.2, 0.25) is 0 Å². The molecule has 0 amide bonds. The number of hydrogen-bond donors (Lipinski definition) is 1. The summed E-state index contributed by atoms with van der Waals surface area (Å²) in [6.07, 6.45) is 4.52. The van der Waals surface area contributed by atoms with Gasteiger partial charge in [-0.15, -0.1) is 0 Å². The number of likely N-dealkylation sites (tertiary alicyclic amines) is 1. The van der Waals surface area contributed by atoms with Gasteiger partial charge in [0.15, 0.2) is 0 Å². The molecule has 1 aromatic carbocycles. The van der Waals surface area contributed by atoms with E-state index in [0.717, 1.165) is 56.6 Å². The molecule has 2 aromatic rings. The molecule has 1 unspecified atom stereocenters. The van der Waals surface area contributed by atoms with Crippen LogP contribution >= 0.6 is 0 Å². The predicted molar refractivity (Wildman–Crippen MR) is 84.8 cm³/mol. The molecule has 1 aromatic heterocycles. The van der Waals surface area contributed by atoms with Crippen molar-refractivity contribution in [2.24, 2.45) is 5.41 Å². The first-order valence-corrected chi connectivity index (χ1v) is 8.42. The van der Waals surface area contributed by atoms with Crippen LogP contribution in [-0.2, 0) is 11.3 Å². The zero-order valence-electron chi connectivity index (χ0n) is 13.3. The monoisotopic (exact) mass is 317 g/mol. The number of aromatic nitrogens is 2. The third kappa shape index (κ3) is 2.98. The summed E-state index contributed by atoms with van der Waals surface area (Å²) in [5.74, 6) is 0. The van der Waals surface area contributed by atoms with Crippen LogP contribution in [0, 0.1) is 5.41 Å². The second-order valence-electron chi connectivity index (χ2n) is 6.98. The van der Waals surface area contributed by atoms with E-state index < -0.39 is 0 Å². The van der Waals surface area contributed by atoms with Gasteiger partial charge in [-0.2, -0.15) is 0 Å². The maximum Gasteiger partial charge on any atom is 0.135 e. The number of piperidine rings is 1. The van der Waals surface area contributed by atoms with E-state index in [-0.39, 0.29) is 12.6 Å². The first-order chi connectivity index (χ1) is 11.3. The van der Waals surface area contributed by atoms with Crippen molar-refractivity contribution in [2.45, 2.75) is 38.3 Å². The Kier molecular flexibility index (Phi) is 4.05. The summed E-state index contributed by atoms with van der Waals surface area (Å²) >= 11 is 0. The summed E-state index contributed by atoms with van der Waals surface area (Å²) < 4.78 is 10.3. The summed E-state index contributed by atoms with van der Waals surface area (Å²) in [7, 11) is 0. The van der Waals surface area contributed by atoms with E-state index >= 15 is 0 Å². The van der Waals surface area contributed by atoms with Gasteiger partial charge in [-0.1, -0.05) is 6.07 Å². The molecule has 4 rings (SSSR count). The lowest BCUT2D eigenvalue weighted by Gasteiger charge is -2.48. The standard InChI is InChI=1S/C17H23N3O3/c21-11-14-3-4-17(5-7-22-8-6-17)12-20(14)10-13-1-2-15-16(9-13)19-23-18-15/h1-2,9,14,21H,3-8,10-12H2. The highest BCUT2D eigenvalue weighted by atomic mass is 16.6. The van der Waals surface area contributed by atoms with Crippen LogP contribution in [0.2, 0.25) is 0 Å². The first-order valence-electron chi connectivity index (χ1n) is 8.42. The average Bonchev–Trinajstić information content (AvgIpc) is 3.04. The Bertz CT molecular complexity index is 666. The lowest BCUT2D eigenvalue weighted by Crippen LogP contribution is -2.51. The number of aliphatic hydroxyl groups is 1. The van der Waals surface area contributed by atoms with Crippen LogP contribution in [0.4, 0.5) is 0 Å². The summed E-state index contributed by atoms with van der Waals surface area (Å²) in [5.41, 5.74) is 3.13. The van der Waals surface area contributed by atoms with Gasteiger partial charge in [-0.25, -0.2) is 4.63 Å². The van der Waals surface area contributed by atoms with Crippen molar-refractivity contribution in [1.29, 1.82) is 0 Å². The lowest BCUT2D eigenvalue weighted by molar-refractivity contribution is -0.0549. The molecule has 6 nitrogen and oxygen atoms in total. The Labute approximate surface area is 135 Å². The quantitative estimate of drug-likeness (QED) is 0.933. The van der Waals surface area contributed by atoms with E-state index in [2.05, 4.69) is 21.3 Å². The molecule has 6 heteroatoms. The fraction of sp³-hybridized carbons (Fsp3) is 0.647. The Morgan fingerprint density at radius 1 is 1.17 bits per heavy atom. The molecule has 3 heterocycles. The van der Waals surface area contributed by atoms with Crippen molar-refractivity contribution >= 4 is 11.0 Å². The maximum absolute atomic E-state index is 9.76. The molecule has 2 aliphatic heterocycles. The van der Waals surface area contributed by atoms with Crippen LogP contribution in [0.15, 0.2) is 22.8 Å². The molecule has 0 saturated carbocycles. The predicted octanol–water partition coefficient (Wildman–Crippen LogP) is 1.98. The van der Waals surface area contributed by atoms with E-state index in [0.29, 0.717) is 5.41 Å². The molecule has 2 fully saturated rings. The molecule has 2 saturated heterocycles. The smallest absolute Gasteiger partial charge is 0.135 e. The number of rotatable bonds is 3. The van der Waals surface area contributed by atoms with Gasteiger partial charge < -0.3 is 9.84 Å². The minimum Gasteiger partial charge on any atom is -0.395 e.